The van der Waals surface area contributed by atoms with Crippen molar-refractivity contribution in [2.24, 2.45) is 0 Å². The normalized spacial score (nSPS) is 26.7. The number of hydrogen-bond donors (Lipinski definition) is 1. The van der Waals surface area contributed by atoms with E-state index in [0.29, 0.717) is 0 Å². The standard InChI is InChI=1S/C12H23NO3/c1-9-6-5-7-10(8-14)13(9)11(15)16-12(2,3)4/h9-10,14H,5-8H2,1-4H3/t9-,10-/m0/s1. The van der Waals surface area contributed by atoms with Crippen molar-refractivity contribution >= 4 is 6.09 Å². The lowest BCUT2D eigenvalue weighted by Gasteiger charge is -2.40. The van der Waals surface area contributed by atoms with Crippen LogP contribution in [0.2, 0.25) is 0 Å². The third-order valence-electron chi connectivity index (χ3n) is 2.84. The average molecular weight is 229 g/mol. The van der Waals surface area contributed by atoms with Gasteiger partial charge < -0.3 is 14.7 Å². The summed E-state index contributed by atoms with van der Waals surface area (Å²) in [7, 11) is 0. The van der Waals surface area contributed by atoms with Gasteiger partial charge in [-0.25, -0.2) is 4.79 Å². The number of aliphatic hydroxyl groups is 1. The van der Waals surface area contributed by atoms with E-state index in [1.54, 1.807) is 4.90 Å². The second-order valence-corrected chi connectivity index (χ2v) is 5.50. The zero-order valence-corrected chi connectivity index (χ0v) is 10.7. The molecule has 1 saturated heterocycles. The third kappa shape index (κ3) is 3.37. The SMILES string of the molecule is C[C@H]1CCC[C@@H](CO)N1C(=O)OC(C)(C)C. The minimum atomic E-state index is -0.478. The van der Waals surface area contributed by atoms with Gasteiger partial charge in [-0.15, -0.1) is 0 Å². The first kappa shape index (κ1) is 13.3. The van der Waals surface area contributed by atoms with Crippen LogP contribution in [0.25, 0.3) is 0 Å². The molecule has 0 radical (unpaired) electrons. The molecular weight excluding hydrogens is 206 g/mol. The second-order valence-electron chi connectivity index (χ2n) is 5.50. The van der Waals surface area contributed by atoms with Crippen LogP contribution in [0.15, 0.2) is 0 Å². The number of likely N-dealkylation sites (tertiary alicyclic amines) is 1. The molecule has 1 amide bonds. The van der Waals surface area contributed by atoms with Crippen molar-refractivity contribution in [2.45, 2.75) is 64.6 Å². The second kappa shape index (κ2) is 5.04. The van der Waals surface area contributed by atoms with Gasteiger partial charge in [-0.05, 0) is 47.0 Å². The van der Waals surface area contributed by atoms with Crippen LogP contribution in [-0.4, -0.2) is 40.4 Å². The van der Waals surface area contributed by atoms with Gasteiger partial charge in [0.1, 0.15) is 5.60 Å². The van der Waals surface area contributed by atoms with Crippen molar-refractivity contribution in [3.8, 4) is 0 Å². The Balaban J connectivity index is 2.70. The number of nitrogens with zero attached hydrogens (tertiary/aromatic N) is 1. The number of carbonyl (C=O) groups excluding carboxylic acids is 1. The molecule has 4 heteroatoms. The molecular formula is C12H23NO3. The smallest absolute Gasteiger partial charge is 0.410 e. The molecule has 0 aliphatic carbocycles. The highest BCUT2D eigenvalue weighted by Crippen LogP contribution is 2.24. The Morgan fingerprint density at radius 3 is 2.56 bits per heavy atom. The molecule has 94 valence electrons. The monoisotopic (exact) mass is 229 g/mol. The van der Waals surface area contributed by atoms with Gasteiger partial charge in [-0.3, -0.25) is 0 Å². The lowest BCUT2D eigenvalue weighted by Crippen LogP contribution is -2.52. The molecule has 0 aromatic heterocycles. The highest BCUT2D eigenvalue weighted by atomic mass is 16.6. The minimum absolute atomic E-state index is 0.0174. The van der Waals surface area contributed by atoms with E-state index >= 15 is 0 Å². The summed E-state index contributed by atoms with van der Waals surface area (Å²) in [6.45, 7) is 7.59. The van der Waals surface area contributed by atoms with Gasteiger partial charge in [0.2, 0.25) is 0 Å². The van der Waals surface area contributed by atoms with Crippen molar-refractivity contribution < 1.29 is 14.6 Å². The van der Waals surface area contributed by atoms with Crippen LogP contribution < -0.4 is 0 Å². The average Bonchev–Trinajstić information content (AvgIpc) is 2.14. The zero-order valence-electron chi connectivity index (χ0n) is 10.7. The lowest BCUT2D eigenvalue weighted by atomic mass is 9.97. The molecule has 1 heterocycles. The van der Waals surface area contributed by atoms with E-state index in [2.05, 4.69) is 0 Å². The molecule has 1 aliphatic rings. The maximum Gasteiger partial charge on any atom is 0.410 e. The van der Waals surface area contributed by atoms with Crippen LogP contribution in [0, 0.1) is 0 Å². The maximum absolute atomic E-state index is 12.0. The Bertz CT molecular complexity index is 247. The first-order valence-corrected chi connectivity index (χ1v) is 5.97. The summed E-state index contributed by atoms with van der Waals surface area (Å²) in [6, 6.07) is 0.0688. The predicted molar refractivity (Wildman–Crippen MR) is 62.3 cm³/mol. The van der Waals surface area contributed by atoms with Crippen molar-refractivity contribution in [3.05, 3.63) is 0 Å². The van der Waals surface area contributed by atoms with Crippen molar-refractivity contribution in [2.75, 3.05) is 6.61 Å². The van der Waals surface area contributed by atoms with Gasteiger partial charge in [-0.1, -0.05) is 0 Å². The van der Waals surface area contributed by atoms with Gasteiger partial charge in [0.05, 0.1) is 12.6 Å². The number of amides is 1. The molecule has 16 heavy (non-hydrogen) atoms. The van der Waals surface area contributed by atoms with Gasteiger partial charge in [-0.2, -0.15) is 0 Å². The van der Waals surface area contributed by atoms with E-state index < -0.39 is 5.60 Å². The zero-order chi connectivity index (χ0) is 12.3. The Morgan fingerprint density at radius 2 is 2.06 bits per heavy atom. The number of ether oxygens (including phenoxy) is 1. The molecule has 1 rings (SSSR count). The Labute approximate surface area is 97.6 Å². The molecule has 0 saturated carbocycles. The molecule has 1 fully saturated rings. The molecule has 0 spiro atoms. The fourth-order valence-electron chi connectivity index (χ4n) is 2.11. The molecule has 0 bridgehead atoms. The van der Waals surface area contributed by atoms with Crippen LogP contribution in [0.5, 0.6) is 0 Å². The maximum atomic E-state index is 12.0. The fraction of sp³-hybridized carbons (Fsp3) is 0.917. The van der Waals surface area contributed by atoms with E-state index in [0.717, 1.165) is 19.3 Å². The summed E-state index contributed by atoms with van der Waals surface area (Å²) < 4.78 is 5.36. The van der Waals surface area contributed by atoms with Crippen LogP contribution in [-0.2, 0) is 4.74 Å². The molecule has 0 aromatic carbocycles. The number of aliphatic hydroxyl groups excluding tert-OH is 1. The Hall–Kier alpha value is -0.770. The predicted octanol–water partition coefficient (Wildman–Crippen LogP) is 2.16. The van der Waals surface area contributed by atoms with E-state index in [9.17, 15) is 9.90 Å². The molecule has 1 N–H and O–H groups in total. The largest absolute Gasteiger partial charge is 0.444 e. The van der Waals surface area contributed by atoms with E-state index in [-0.39, 0.29) is 24.8 Å². The molecule has 1 aliphatic heterocycles. The summed E-state index contributed by atoms with van der Waals surface area (Å²) in [4.78, 5) is 13.7. The van der Waals surface area contributed by atoms with Crippen molar-refractivity contribution in [1.82, 2.24) is 4.90 Å². The number of rotatable bonds is 1. The summed E-state index contributed by atoms with van der Waals surface area (Å²) >= 11 is 0. The Kier molecular flexibility index (Phi) is 4.19. The number of hydrogen-bond acceptors (Lipinski definition) is 3. The highest BCUT2D eigenvalue weighted by Gasteiger charge is 2.34. The Morgan fingerprint density at radius 1 is 1.44 bits per heavy atom. The lowest BCUT2D eigenvalue weighted by molar-refractivity contribution is -0.0121. The third-order valence-corrected chi connectivity index (χ3v) is 2.84. The minimum Gasteiger partial charge on any atom is -0.444 e. The highest BCUT2D eigenvalue weighted by molar-refractivity contribution is 5.69. The first-order chi connectivity index (χ1) is 7.35. The quantitative estimate of drug-likeness (QED) is 0.749. The van der Waals surface area contributed by atoms with Gasteiger partial charge in [0, 0.05) is 6.04 Å². The number of carbonyl (C=O) groups is 1. The van der Waals surface area contributed by atoms with Gasteiger partial charge in [0.15, 0.2) is 0 Å². The summed E-state index contributed by atoms with van der Waals surface area (Å²) in [5, 5.41) is 9.28. The summed E-state index contributed by atoms with van der Waals surface area (Å²) in [6.07, 6.45) is 2.60. The van der Waals surface area contributed by atoms with Gasteiger partial charge in [0.25, 0.3) is 0 Å². The van der Waals surface area contributed by atoms with E-state index in [1.807, 2.05) is 27.7 Å². The van der Waals surface area contributed by atoms with Crippen LogP contribution in [0.3, 0.4) is 0 Å². The van der Waals surface area contributed by atoms with Crippen molar-refractivity contribution in [1.29, 1.82) is 0 Å². The van der Waals surface area contributed by atoms with Gasteiger partial charge >= 0.3 is 6.09 Å². The van der Waals surface area contributed by atoms with Crippen molar-refractivity contribution in [3.63, 3.8) is 0 Å². The summed E-state index contributed by atoms with van der Waals surface area (Å²) in [5.74, 6) is 0. The molecule has 4 nitrogen and oxygen atoms in total. The molecule has 0 unspecified atom stereocenters. The van der Waals surface area contributed by atoms with E-state index in [4.69, 9.17) is 4.74 Å². The van der Waals surface area contributed by atoms with E-state index in [1.165, 1.54) is 0 Å². The summed E-state index contributed by atoms with van der Waals surface area (Å²) in [5.41, 5.74) is -0.478. The molecule has 2 atom stereocenters. The topological polar surface area (TPSA) is 49.8 Å². The van der Waals surface area contributed by atoms with Crippen LogP contribution in [0.1, 0.15) is 47.0 Å². The first-order valence-electron chi connectivity index (χ1n) is 5.97. The number of piperidine rings is 1. The van der Waals surface area contributed by atoms with Crippen LogP contribution >= 0.6 is 0 Å². The van der Waals surface area contributed by atoms with Crippen LogP contribution in [0.4, 0.5) is 4.79 Å². The molecule has 0 aromatic rings. The fourth-order valence-corrected chi connectivity index (χ4v) is 2.11.